The third kappa shape index (κ3) is 5.80. The lowest BCUT2D eigenvalue weighted by Crippen LogP contribution is -2.45. The second-order valence-electron chi connectivity index (χ2n) is 8.38. The molecule has 0 spiro atoms. The molecule has 1 rings (SSSR count). The Hall–Kier alpha value is -1.08. The first-order chi connectivity index (χ1) is 10.5. The molecular weight excluding hydrogens is 300 g/mol. The molecule has 0 saturated heterocycles. The molecule has 0 heterocycles. The fraction of sp³-hybridized carbons (Fsp3) is 0.600. The summed E-state index contributed by atoms with van der Waals surface area (Å²) in [5.74, 6) is 2.80. The molecule has 0 saturated carbocycles. The monoisotopic (exact) mass is 332 g/mol. The van der Waals surface area contributed by atoms with Crippen LogP contribution in [-0.2, 0) is 15.8 Å². The predicted molar refractivity (Wildman–Crippen MR) is 101 cm³/mol. The highest BCUT2D eigenvalue weighted by Gasteiger charge is 2.40. The van der Waals surface area contributed by atoms with Gasteiger partial charge in [0.2, 0.25) is 0 Å². The maximum absolute atomic E-state index is 6.36. The van der Waals surface area contributed by atoms with E-state index >= 15 is 0 Å². The molecule has 0 amide bonds. The molecule has 0 aliphatic carbocycles. The smallest absolute Gasteiger partial charge is 0.192 e. The molecule has 0 aliphatic rings. The van der Waals surface area contributed by atoms with Crippen molar-refractivity contribution in [3.8, 4) is 12.3 Å². The summed E-state index contributed by atoms with van der Waals surface area (Å²) < 4.78 is 12.3. The lowest BCUT2D eigenvalue weighted by Gasteiger charge is -2.40. The van der Waals surface area contributed by atoms with Crippen LogP contribution in [0.5, 0.6) is 0 Å². The molecule has 0 N–H and O–H groups in total. The molecule has 3 heteroatoms. The van der Waals surface area contributed by atoms with Crippen molar-refractivity contribution in [2.24, 2.45) is 5.41 Å². The third-order valence-electron chi connectivity index (χ3n) is 4.73. The molecule has 0 fully saturated rings. The molecule has 0 radical (unpaired) electrons. The Morgan fingerprint density at radius 1 is 1.09 bits per heavy atom. The second-order valence-corrected chi connectivity index (χ2v) is 13.2. The molecule has 128 valence electrons. The van der Waals surface area contributed by atoms with E-state index in [2.05, 4.69) is 53.6 Å². The van der Waals surface area contributed by atoms with Crippen molar-refractivity contribution in [1.29, 1.82) is 0 Å². The Morgan fingerprint density at radius 2 is 1.65 bits per heavy atom. The number of terminal acetylenes is 1. The van der Waals surface area contributed by atoms with Crippen molar-refractivity contribution >= 4 is 8.32 Å². The van der Waals surface area contributed by atoms with Crippen LogP contribution >= 0.6 is 0 Å². The van der Waals surface area contributed by atoms with Gasteiger partial charge in [0, 0.05) is 12.0 Å². The minimum absolute atomic E-state index is 0.194. The van der Waals surface area contributed by atoms with Gasteiger partial charge in [-0.05, 0) is 23.7 Å². The minimum atomic E-state index is -1.78. The van der Waals surface area contributed by atoms with Crippen LogP contribution in [0.3, 0.4) is 0 Å². The van der Waals surface area contributed by atoms with Crippen LogP contribution in [-0.4, -0.2) is 21.0 Å². The van der Waals surface area contributed by atoms with Gasteiger partial charge in [0.15, 0.2) is 8.32 Å². The van der Waals surface area contributed by atoms with E-state index in [1.165, 1.54) is 0 Å². The van der Waals surface area contributed by atoms with Crippen LogP contribution in [0.1, 0.15) is 40.2 Å². The summed E-state index contributed by atoms with van der Waals surface area (Å²) in [4.78, 5) is 0. The van der Waals surface area contributed by atoms with Crippen LogP contribution < -0.4 is 0 Å². The predicted octanol–water partition coefficient (Wildman–Crippen LogP) is 5.25. The summed E-state index contributed by atoms with van der Waals surface area (Å²) in [5, 5.41) is 0.194. The first-order valence-electron chi connectivity index (χ1n) is 8.25. The van der Waals surface area contributed by atoms with Crippen LogP contribution in [0, 0.1) is 17.8 Å². The normalized spacial score (nSPS) is 14.3. The van der Waals surface area contributed by atoms with E-state index in [0.29, 0.717) is 13.2 Å². The second kappa shape index (κ2) is 7.66. The van der Waals surface area contributed by atoms with Gasteiger partial charge in [-0.3, -0.25) is 0 Å². The van der Waals surface area contributed by atoms with Crippen LogP contribution in [0.25, 0.3) is 0 Å². The van der Waals surface area contributed by atoms with Crippen LogP contribution in [0.4, 0.5) is 0 Å². The first kappa shape index (κ1) is 20.0. The van der Waals surface area contributed by atoms with Gasteiger partial charge in [0.1, 0.15) is 6.10 Å². The van der Waals surface area contributed by atoms with Crippen LogP contribution in [0.15, 0.2) is 30.3 Å². The van der Waals surface area contributed by atoms with Gasteiger partial charge >= 0.3 is 0 Å². The van der Waals surface area contributed by atoms with Gasteiger partial charge in [0.05, 0.1) is 6.61 Å². The fourth-order valence-corrected chi connectivity index (χ4v) is 3.08. The molecule has 1 unspecified atom stereocenters. The lowest BCUT2D eigenvalue weighted by atomic mass is 9.88. The summed E-state index contributed by atoms with van der Waals surface area (Å²) in [6.07, 6.45) is 5.46. The lowest BCUT2D eigenvalue weighted by molar-refractivity contribution is -0.0206. The molecule has 0 aliphatic heterocycles. The molecular formula is C20H32O2Si. The van der Waals surface area contributed by atoms with Gasteiger partial charge in [-0.1, -0.05) is 70.9 Å². The summed E-state index contributed by atoms with van der Waals surface area (Å²) in [7, 11) is -1.78. The number of ether oxygens (including phenoxy) is 1. The maximum Gasteiger partial charge on any atom is 0.192 e. The van der Waals surface area contributed by atoms with E-state index in [-0.39, 0.29) is 16.6 Å². The summed E-state index contributed by atoms with van der Waals surface area (Å²) >= 11 is 0. The highest BCUT2D eigenvalue weighted by molar-refractivity contribution is 6.74. The van der Waals surface area contributed by atoms with E-state index in [0.717, 1.165) is 5.56 Å². The maximum atomic E-state index is 6.36. The standard InChI is InChI=1S/C20H32O2Si/c1-9-18(21-15-17-13-11-10-12-14-17)20(5,6)16-22-23(7,8)19(2,3)4/h1,10-14,18H,15-16H2,2-8H3. The Morgan fingerprint density at radius 3 is 2.13 bits per heavy atom. The number of rotatable bonds is 7. The van der Waals surface area contributed by atoms with Gasteiger partial charge in [0.25, 0.3) is 0 Å². The average Bonchev–Trinajstić information content (AvgIpc) is 2.46. The highest BCUT2D eigenvalue weighted by atomic mass is 28.4. The average molecular weight is 333 g/mol. The minimum Gasteiger partial charge on any atom is -0.416 e. The fourth-order valence-electron chi connectivity index (χ4n) is 1.91. The first-order valence-corrected chi connectivity index (χ1v) is 11.2. The Bertz CT molecular complexity index is 521. The van der Waals surface area contributed by atoms with E-state index in [1.807, 2.05) is 30.3 Å². The van der Waals surface area contributed by atoms with Gasteiger partial charge in [-0.2, -0.15) is 0 Å². The molecule has 2 nitrogen and oxygen atoms in total. The van der Waals surface area contributed by atoms with Crippen molar-refractivity contribution in [2.75, 3.05) is 6.61 Å². The summed E-state index contributed by atoms with van der Waals surface area (Å²) in [6.45, 7) is 16.7. The topological polar surface area (TPSA) is 18.5 Å². The zero-order valence-corrected chi connectivity index (χ0v) is 16.8. The molecule has 23 heavy (non-hydrogen) atoms. The summed E-state index contributed by atoms with van der Waals surface area (Å²) in [6, 6.07) is 10.1. The number of hydrogen-bond donors (Lipinski definition) is 0. The highest BCUT2D eigenvalue weighted by Crippen LogP contribution is 2.38. The molecule has 0 aromatic heterocycles. The van der Waals surface area contributed by atoms with E-state index in [4.69, 9.17) is 15.6 Å². The molecule has 1 atom stereocenters. The van der Waals surface area contributed by atoms with Gasteiger partial charge in [-0.15, -0.1) is 6.42 Å². The van der Waals surface area contributed by atoms with Crippen molar-refractivity contribution in [3.05, 3.63) is 35.9 Å². The quantitative estimate of drug-likeness (QED) is 0.501. The van der Waals surface area contributed by atoms with E-state index in [9.17, 15) is 0 Å². The van der Waals surface area contributed by atoms with Crippen molar-refractivity contribution < 1.29 is 9.16 Å². The summed E-state index contributed by atoms with van der Waals surface area (Å²) in [5.41, 5.74) is 0.910. The number of hydrogen-bond acceptors (Lipinski definition) is 2. The van der Waals surface area contributed by atoms with Gasteiger partial charge in [-0.25, -0.2) is 0 Å². The van der Waals surface area contributed by atoms with E-state index < -0.39 is 8.32 Å². The molecule has 1 aromatic carbocycles. The van der Waals surface area contributed by atoms with Crippen LogP contribution in [0.2, 0.25) is 18.1 Å². The SMILES string of the molecule is C#CC(OCc1ccccc1)C(C)(C)CO[Si](C)(C)C(C)(C)C. The van der Waals surface area contributed by atoms with E-state index in [1.54, 1.807) is 0 Å². The third-order valence-corrected chi connectivity index (χ3v) is 9.21. The Kier molecular flexibility index (Phi) is 6.65. The van der Waals surface area contributed by atoms with Crippen molar-refractivity contribution in [1.82, 2.24) is 0 Å². The Labute approximate surface area is 143 Å². The zero-order chi connectivity index (χ0) is 17.7. The molecule has 1 aromatic rings. The number of benzene rings is 1. The largest absolute Gasteiger partial charge is 0.416 e. The van der Waals surface area contributed by atoms with Gasteiger partial charge < -0.3 is 9.16 Å². The van der Waals surface area contributed by atoms with Crippen molar-refractivity contribution in [2.45, 2.75) is 65.5 Å². The molecule has 0 bridgehead atoms. The van der Waals surface area contributed by atoms with Crippen molar-refractivity contribution in [3.63, 3.8) is 0 Å². The zero-order valence-electron chi connectivity index (χ0n) is 15.8. The Balaban J connectivity index is 2.67.